The van der Waals surface area contributed by atoms with Crippen LogP contribution in [0.5, 0.6) is 11.5 Å². The highest BCUT2D eigenvalue weighted by Crippen LogP contribution is 2.25. The number of anilines is 1. The number of hydrogen-bond acceptors (Lipinski definition) is 8. The summed E-state index contributed by atoms with van der Waals surface area (Å²) < 4.78 is 12.8. The van der Waals surface area contributed by atoms with Crippen LogP contribution in [0.2, 0.25) is 0 Å². The van der Waals surface area contributed by atoms with Crippen molar-refractivity contribution >= 4 is 34.5 Å². The predicted molar refractivity (Wildman–Crippen MR) is 136 cm³/mol. The first-order valence-electron chi connectivity index (χ1n) is 11.7. The zero-order valence-corrected chi connectivity index (χ0v) is 21.2. The number of thioether (sulfide) groups is 1. The van der Waals surface area contributed by atoms with Gasteiger partial charge in [-0.2, -0.15) is 5.10 Å². The van der Waals surface area contributed by atoms with Crippen LogP contribution in [0.4, 0.5) is 5.82 Å². The van der Waals surface area contributed by atoms with Gasteiger partial charge in [-0.1, -0.05) is 32.5 Å². The molecule has 0 radical (unpaired) electrons. The normalized spacial score (nSPS) is 11.1. The summed E-state index contributed by atoms with van der Waals surface area (Å²) >= 11 is 1.64. The van der Waals surface area contributed by atoms with E-state index in [0.717, 1.165) is 46.5 Å². The first-order valence-corrected chi connectivity index (χ1v) is 12.7. The van der Waals surface area contributed by atoms with Crippen molar-refractivity contribution in [2.45, 2.75) is 45.8 Å². The van der Waals surface area contributed by atoms with Gasteiger partial charge in [-0.3, -0.25) is 4.79 Å². The molecule has 1 aromatic carbocycles. The Labute approximate surface area is 205 Å². The van der Waals surface area contributed by atoms with Crippen LogP contribution in [-0.2, 0) is 11.3 Å². The summed E-state index contributed by atoms with van der Waals surface area (Å²) in [5.41, 5.74) is 0.764. The van der Waals surface area contributed by atoms with E-state index in [1.54, 1.807) is 34.8 Å². The van der Waals surface area contributed by atoms with Gasteiger partial charge in [0.1, 0.15) is 17.3 Å². The monoisotopic (exact) mass is 486 g/mol. The summed E-state index contributed by atoms with van der Waals surface area (Å²) in [4.78, 5) is 21.6. The summed E-state index contributed by atoms with van der Waals surface area (Å²) in [6.07, 6.45) is 2.83. The second kappa shape index (κ2) is 13.0. The molecule has 0 spiro atoms. The number of ether oxygens (including phenoxy) is 2. The Kier molecular flexibility index (Phi) is 9.81. The second-order valence-electron chi connectivity index (χ2n) is 8.13. The Morgan fingerprint density at radius 3 is 2.53 bits per heavy atom. The maximum absolute atomic E-state index is 12.2. The molecule has 184 valence electrons. The lowest BCUT2D eigenvalue weighted by molar-refractivity contribution is -0.123. The van der Waals surface area contributed by atoms with E-state index >= 15 is 0 Å². The van der Waals surface area contributed by atoms with Crippen LogP contribution in [0.25, 0.3) is 11.0 Å². The van der Waals surface area contributed by atoms with Crippen LogP contribution in [0.15, 0.2) is 35.6 Å². The van der Waals surface area contributed by atoms with E-state index in [1.807, 2.05) is 19.1 Å². The average molecular weight is 487 g/mol. The van der Waals surface area contributed by atoms with Crippen molar-refractivity contribution in [1.29, 1.82) is 0 Å². The maximum Gasteiger partial charge on any atom is 0.258 e. The molecular formula is C24H34N6O3S. The number of carbonyl (C=O) groups excluding carboxylic acids is 1. The number of aromatic nitrogens is 4. The number of nitrogens with zero attached hydrogens (tertiary/aromatic N) is 4. The molecular weight excluding hydrogens is 452 g/mol. The molecule has 2 heterocycles. The fraction of sp³-hybridized carbons (Fsp3) is 0.500. The highest BCUT2D eigenvalue weighted by atomic mass is 32.2. The molecule has 0 saturated heterocycles. The summed E-state index contributed by atoms with van der Waals surface area (Å²) in [6.45, 7) is 10.7. The quantitative estimate of drug-likeness (QED) is 0.260. The SMILES string of the molecule is CCCSc1nc(NCC(C)C)c2cnn(CCNC(=O)COc3ccc(OCC)cc3)c2n1. The zero-order valence-electron chi connectivity index (χ0n) is 20.3. The first-order chi connectivity index (χ1) is 16.5. The van der Waals surface area contributed by atoms with Gasteiger partial charge in [0.25, 0.3) is 5.91 Å². The van der Waals surface area contributed by atoms with Crippen molar-refractivity contribution in [3.63, 3.8) is 0 Å². The van der Waals surface area contributed by atoms with Crippen molar-refractivity contribution in [2.75, 3.05) is 37.4 Å². The number of fused-ring (bicyclic) bond motifs is 1. The maximum atomic E-state index is 12.2. The second-order valence-corrected chi connectivity index (χ2v) is 9.19. The molecule has 0 saturated carbocycles. The van der Waals surface area contributed by atoms with Crippen molar-refractivity contribution in [3.05, 3.63) is 30.5 Å². The van der Waals surface area contributed by atoms with E-state index in [4.69, 9.17) is 19.4 Å². The molecule has 0 bridgehead atoms. The number of carbonyl (C=O) groups is 1. The molecule has 0 aliphatic rings. The minimum atomic E-state index is -0.196. The standard InChI is InChI=1S/C24H34N6O3S/c1-5-13-34-24-28-22(26-14-17(3)4)20-15-27-30(23(20)29-24)12-11-25-21(31)16-33-19-9-7-18(8-10-19)32-6-2/h7-10,15,17H,5-6,11-14,16H2,1-4H3,(H,25,31)(H,26,28,29). The average Bonchev–Trinajstić information content (AvgIpc) is 3.24. The largest absolute Gasteiger partial charge is 0.494 e. The highest BCUT2D eigenvalue weighted by Gasteiger charge is 2.14. The number of hydrogen-bond donors (Lipinski definition) is 2. The van der Waals surface area contributed by atoms with Crippen LogP contribution in [0, 0.1) is 5.92 Å². The van der Waals surface area contributed by atoms with Gasteiger partial charge in [0.15, 0.2) is 17.4 Å². The Morgan fingerprint density at radius 2 is 1.85 bits per heavy atom. The lowest BCUT2D eigenvalue weighted by atomic mass is 10.2. The van der Waals surface area contributed by atoms with Gasteiger partial charge in [-0.05, 0) is 43.5 Å². The summed E-state index contributed by atoms with van der Waals surface area (Å²) in [5, 5.41) is 12.4. The molecule has 3 rings (SSSR count). The van der Waals surface area contributed by atoms with Gasteiger partial charge >= 0.3 is 0 Å². The molecule has 0 atom stereocenters. The fourth-order valence-corrected chi connectivity index (χ4v) is 3.79. The topological polar surface area (TPSA) is 103 Å². The van der Waals surface area contributed by atoms with Gasteiger partial charge in [-0.25, -0.2) is 14.6 Å². The fourth-order valence-electron chi connectivity index (χ4n) is 3.09. The van der Waals surface area contributed by atoms with E-state index in [2.05, 4.69) is 36.5 Å². The van der Waals surface area contributed by atoms with Gasteiger partial charge in [-0.15, -0.1) is 0 Å². The van der Waals surface area contributed by atoms with Crippen molar-refractivity contribution in [2.24, 2.45) is 5.92 Å². The predicted octanol–water partition coefficient (Wildman–Crippen LogP) is 3.99. The van der Waals surface area contributed by atoms with E-state index in [0.29, 0.717) is 31.4 Å². The molecule has 10 heteroatoms. The molecule has 2 N–H and O–H groups in total. The van der Waals surface area contributed by atoms with Crippen LogP contribution in [0.1, 0.15) is 34.1 Å². The van der Waals surface area contributed by atoms with E-state index in [9.17, 15) is 4.79 Å². The van der Waals surface area contributed by atoms with Crippen molar-refractivity contribution in [1.82, 2.24) is 25.1 Å². The van der Waals surface area contributed by atoms with E-state index in [-0.39, 0.29) is 12.5 Å². The Balaban J connectivity index is 1.57. The highest BCUT2D eigenvalue weighted by molar-refractivity contribution is 7.99. The van der Waals surface area contributed by atoms with Crippen LogP contribution >= 0.6 is 11.8 Å². The minimum absolute atomic E-state index is 0.0584. The smallest absolute Gasteiger partial charge is 0.258 e. The van der Waals surface area contributed by atoms with Crippen LogP contribution in [0.3, 0.4) is 0 Å². The number of amides is 1. The summed E-state index contributed by atoms with van der Waals surface area (Å²) in [7, 11) is 0. The molecule has 1 amide bonds. The lowest BCUT2D eigenvalue weighted by Gasteiger charge is -2.11. The van der Waals surface area contributed by atoms with Gasteiger partial charge in [0, 0.05) is 18.8 Å². The molecule has 9 nitrogen and oxygen atoms in total. The summed E-state index contributed by atoms with van der Waals surface area (Å²) in [6, 6.07) is 7.21. The summed E-state index contributed by atoms with van der Waals surface area (Å²) in [5.74, 6) is 3.44. The zero-order chi connectivity index (χ0) is 24.3. The van der Waals surface area contributed by atoms with Crippen LogP contribution in [-0.4, -0.2) is 57.7 Å². The van der Waals surface area contributed by atoms with Crippen LogP contribution < -0.4 is 20.1 Å². The molecule has 34 heavy (non-hydrogen) atoms. The van der Waals surface area contributed by atoms with Crippen molar-refractivity contribution < 1.29 is 14.3 Å². The van der Waals surface area contributed by atoms with Gasteiger partial charge < -0.3 is 20.1 Å². The molecule has 0 aliphatic carbocycles. The Hall–Kier alpha value is -3.01. The van der Waals surface area contributed by atoms with E-state index < -0.39 is 0 Å². The Bertz CT molecular complexity index is 1050. The number of rotatable bonds is 14. The molecule has 0 aliphatic heterocycles. The van der Waals surface area contributed by atoms with Crippen molar-refractivity contribution in [3.8, 4) is 11.5 Å². The minimum Gasteiger partial charge on any atom is -0.494 e. The third-order valence-electron chi connectivity index (χ3n) is 4.74. The number of nitrogens with one attached hydrogen (secondary N) is 2. The molecule has 0 unspecified atom stereocenters. The lowest BCUT2D eigenvalue weighted by Crippen LogP contribution is -2.31. The molecule has 2 aromatic heterocycles. The third-order valence-corrected chi connectivity index (χ3v) is 5.79. The Morgan fingerprint density at radius 1 is 1.12 bits per heavy atom. The van der Waals surface area contributed by atoms with Gasteiger partial charge in [0.2, 0.25) is 0 Å². The van der Waals surface area contributed by atoms with Gasteiger partial charge in [0.05, 0.1) is 24.7 Å². The third kappa shape index (κ3) is 7.51. The first kappa shape index (κ1) is 25.6. The number of benzene rings is 1. The molecule has 0 fully saturated rings. The van der Waals surface area contributed by atoms with E-state index in [1.165, 1.54) is 0 Å². The molecule has 3 aromatic rings.